The summed E-state index contributed by atoms with van der Waals surface area (Å²) in [4.78, 5) is 16.7. The summed E-state index contributed by atoms with van der Waals surface area (Å²) in [5.74, 6) is 0.589. The maximum atomic E-state index is 12.4. The van der Waals surface area contributed by atoms with Gasteiger partial charge in [0, 0.05) is 36.5 Å². The van der Waals surface area contributed by atoms with Crippen molar-refractivity contribution in [1.29, 1.82) is 0 Å². The summed E-state index contributed by atoms with van der Waals surface area (Å²) in [5, 5.41) is 0.666. The number of rotatable bonds is 8. The predicted molar refractivity (Wildman–Crippen MR) is 118 cm³/mol. The number of hydrogen-bond donors (Lipinski definition) is 0. The van der Waals surface area contributed by atoms with Gasteiger partial charge in [-0.25, -0.2) is 4.79 Å². The Kier molecular flexibility index (Phi) is 9.09. The number of piperidine rings is 1. The highest BCUT2D eigenvalue weighted by Crippen LogP contribution is 2.32. The Bertz CT molecular complexity index is 611. The van der Waals surface area contributed by atoms with Gasteiger partial charge in [-0.2, -0.15) is 0 Å². The topological polar surface area (TPSA) is 42.0 Å². The molecule has 1 aromatic rings. The van der Waals surface area contributed by atoms with Crippen LogP contribution in [0.1, 0.15) is 51.4 Å². The average molecular weight is 423 g/mol. The van der Waals surface area contributed by atoms with Crippen molar-refractivity contribution in [3.05, 3.63) is 29.3 Å². The molecule has 5 nitrogen and oxygen atoms in total. The van der Waals surface area contributed by atoms with Crippen LogP contribution < -0.4 is 4.90 Å². The number of carbonyl (C=O) groups is 1. The highest BCUT2D eigenvalue weighted by Gasteiger charge is 2.30. The van der Waals surface area contributed by atoms with Gasteiger partial charge >= 0.3 is 6.09 Å². The number of methoxy groups -OCH3 is 1. The molecule has 162 valence electrons. The Balaban J connectivity index is 1.38. The monoisotopic (exact) mass is 422 g/mol. The molecule has 1 aromatic carbocycles. The second-order valence-electron chi connectivity index (χ2n) is 8.32. The lowest BCUT2D eigenvalue weighted by Gasteiger charge is -2.36. The number of likely N-dealkylation sites (tertiary alicyclic amines) is 1. The van der Waals surface area contributed by atoms with Gasteiger partial charge in [0.1, 0.15) is 0 Å². The van der Waals surface area contributed by atoms with Crippen molar-refractivity contribution in [2.24, 2.45) is 5.92 Å². The molecule has 1 amide bonds. The number of carbonyl (C=O) groups excluding carboxylic acids is 1. The molecule has 2 aliphatic rings. The van der Waals surface area contributed by atoms with Gasteiger partial charge in [-0.05, 0) is 88.2 Å². The quantitative estimate of drug-likeness (QED) is 0.528. The first kappa shape index (κ1) is 22.4. The molecule has 29 heavy (non-hydrogen) atoms. The van der Waals surface area contributed by atoms with E-state index in [2.05, 4.69) is 4.90 Å². The van der Waals surface area contributed by atoms with Crippen molar-refractivity contribution >= 4 is 23.4 Å². The third-order valence-electron chi connectivity index (χ3n) is 6.22. The zero-order chi connectivity index (χ0) is 20.5. The number of hydrogen-bond acceptors (Lipinski definition) is 4. The molecule has 2 fully saturated rings. The van der Waals surface area contributed by atoms with Crippen molar-refractivity contribution in [1.82, 2.24) is 4.90 Å². The van der Waals surface area contributed by atoms with E-state index < -0.39 is 0 Å². The van der Waals surface area contributed by atoms with Crippen LogP contribution >= 0.6 is 11.6 Å². The second kappa shape index (κ2) is 11.8. The van der Waals surface area contributed by atoms with Crippen molar-refractivity contribution in [3.8, 4) is 0 Å². The molecular formula is C23H35ClN2O3. The summed E-state index contributed by atoms with van der Waals surface area (Å²) in [6, 6.07) is 7.57. The van der Waals surface area contributed by atoms with E-state index in [0.29, 0.717) is 10.9 Å². The molecule has 1 heterocycles. The number of anilines is 1. The lowest BCUT2D eigenvalue weighted by Crippen LogP contribution is -2.43. The van der Waals surface area contributed by atoms with E-state index in [1.54, 1.807) is 4.90 Å². The van der Waals surface area contributed by atoms with Crippen LogP contribution in [0.15, 0.2) is 24.3 Å². The number of ether oxygens (including phenoxy) is 2. The minimum Gasteiger partial charge on any atom is -0.452 e. The maximum absolute atomic E-state index is 12.4. The molecule has 0 N–H and O–H groups in total. The fourth-order valence-electron chi connectivity index (χ4n) is 4.56. The Labute approximate surface area is 180 Å². The molecule has 6 heteroatoms. The minimum absolute atomic E-state index is 0.166. The molecule has 0 unspecified atom stereocenters. The molecule has 0 radical (unpaired) electrons. The largest absolute Gasteiger partial charge is 0.452 e. The lowest BCUT2D eigenvalue weighted by atomic mass is 9.85. The van der Waals surface area contributed by atoms with E-state index in [1.165, 1.54) is 46.0 Å². The third-order valence-corrected chi connectivity index (χ3v) is 6.47. The fourth-order valence-corrected chi connectivity index (χ4v) is 4.68. The molecule has 1 saturated carbocycles. The van der Waals surface area contributed by atoms with Crippen molar-refractivity contribution in [2.75, 3.05) is 44.9 Å². The summed E-state index contributed by atoms with van der Waals surface area (Å²) in [6.07, 6.45) is 9.02. The lowest BCUT2D eigenvalue weighted by molar-refractivity contribution is 0.0735. The average Bonchev–Trinajstić information content (AvgIpc) is 2.76. The van der Waals surface area contributed by atoms with Crippen molar-refractivity contribution < 1.29 is 14.3 Å². The van der Waals surface area contributed by atoms with Crippen LogP contribution in [-0.4, -0.2) is 57.0 Å². The molecule has 0 atom stereocenters. The molecule has 0 aromatic heterocycles. The van der Waals surface area contributed by atoms with E-state index in [0.717, 1.165) is 51.0 Å². The molecule has 1 saturated heterocycles. The predicted octanol–water partition coefficient (Wildman–Crippen LogP) is 5.36. The van der Waals surface area contributed by atoms with Gasteiger partial charge in [0.25, 0.3) is 0 Å². The van der Waals surface area contributed by atoms with Crippen LogP contribution in [-0.2, 0) is 9.47 Å². The number of benzene rings is 1. The normalized spacial score (nSPS) is 23.0. The van der Waals surface area contributed by atoms with E-state index in [9.17, 15) is 4.79 Å². The first-order valence-electron chi connectivity index (χ1n) is 11.1. The molecule has 3 rings (SSSR count). The molecule has 0 bridgehead atoms. The zero-order valence-corrected chi connectivity index (χ0v) is 18.4. The Morgan fingerprint density at radius 3 is 2.45 bits per heavy atom. The van der Waals surface area contributed by atoms with Gasteiger partial charge in [-0.15, -0.1) is 0 Å². The van der Waals surface area contributed by atoms with Gasteiger partial charge in [0.15, 0.2) is 0 Å². The Morgan fingerprint density at radius 1 is 1.10 bits per heavy atom. The highest BCUT2D eigenvalue weighted by atomic mass is 35.5. The van der Waals surface area contributed by atoms with Crippen LogP contribution in [0.2, 0.25) is 5.02 Å². The Hall–Kier alpha value is -1.30. The SMILES string of the molecule is COC(=O)N(c1ccc(Cl)cc1)C1CCC(COCCCN2CCCCC2)CC1. The number of amides is 1. The third kappa shape index (κ3) is 6.87. The van der Waals surface area contributed by atoms with E-state index >= 15 is 0 Å². The van der Waals surface area contributed by atoms with Crippen LogP contribution in [0, 0.1) is 5.92 Å². The van der Waals surface area contributed by atoms with Crippen LogP contribution in [0.25, 0.3) is 0 Å². The van der Waals surface area contributed by atoms with Crippen molar-refractivity contribution in [2.45, 2.75) is 57.4 Å². The van der Waals surface area contributed by atoms with E-state index in [4.69, 9.17) is 21.1 Å². The summed E-state index contributed by atoms with van der Waals surface area (Å²) >= 11 is 6.00. The number of halogens is 1. The zero-order valence-electron chi connectivity index (χ0n) is 17.7. The van der Waals surface area contributed by atoms with E-state index in [-0.39, 0.29) is 12.1 Å². The molecular weight excluding hydrogens is 388 g/mol. The van der Waals surface area contributed by atoms with Gasteiger partial charge in [0.05, 0.1) is 7.11 Å². The van der Waals surface area contributed by atoms with Gasteiger partial charge in [0.2, 0.25) is 0 Å². The van der Waals surface area contributed by atoms with E-state index in [1.807, 2.05) is 24.3 Å². The smallest absolute Gasteiger partial charge is 0.414 e. The summed E-state index contributed by atoms with van der Waals surface area (Å²) in [6.45, 7) is 5.38. The first-order chi connectivity index (χ1) is 14.2. The van der Waals surface area contributed by atoms with Crippen LogP contribution in [0.3, 0.4) is 0 Å². The van der Waals surface area contributed by atoms with Gasteiger partial charge in [-0.1, -0.05) is 18.0 Å². The van der Waals surface area contributed by atoms with Crippen LogP contribution in [0.4, 0.5) is 10.5 Å². The molecule has 1 aliphatic carbocycles. The maximum Gasteiger partial charge on any atom is 0.414 e. The second-order valence-corrected chi connectivity index (χ2v) is 8.76. The number of nitrogens with zero attached hydrogens (tertiary/aromatic N) is 2. The summed E-state index contributed by atoms with van der Waals surface area (Å²) in [5.41, 5.74) is 0.846. The van der Waals surface area contributed by atoms with Crippen LogP contribution in [0.5, 0.6) is 0 Å². The summed E-state index contributed by atoms with van der Waals surface area (Å²) in [7, 11) is 1.44. The Morgan fingerprint density at radius 2 is 1.79 bits per heavy atom. The molecule has 0 spiro atoms. The van der Waals surface area contributed by atoms with Crippen molar-refractivity contribution in [3.63, 3.8) is 0 Å². The summed E-state index contributed by atoms with van der Waals surface area (Å²) < 4.78 is 11.0. The van der Waals surface area contributed by atoms with Gasteiger partial charge in [-0.3, -0.25) is 4.90 Å². The standard InChI is InChI=1S/C23H35ClN2O3/c1-28-23(27)26(22-12-8-20(24)9-13-22)21-10-6-19(7-11-21)18-29-17-5-16-25-14-3-2-4-15-25/h8-9,12-13,19,21H,2-7,10-11,14-18H2,1H3. The highest BCUT2D eigenvalue weighted by molar-refractivity contribution is 6.30. The van der Waals surface area contributed by atoms with Gasteiger partial charge < -0.3 is 14.4 Å². The minimum atomic E-state index is -0.301. The molecule has 1 aliphatic heterocycles. The fraction of sp³-hybridized carbons (Fsp3) is 0.696. The first-order valence-corrected chi connectivity index (χ1v) is 11.5.